The van der Waals surface area contributed by atoms with E-state index in [2.05, 4.69) is 217 Å². The molecule has 0 aliphatic heterocycles. The average Bonchev–Trinajstić information content (AvgIpc) is 3.69. The highest BCUT2D eigenvalue weighted by atomic mass is 16.3. The topological polar surface area (TPSA) is 16.4 Å². The van der Waals surface area contributed by atoms with Crippen molar-refractivity contribution in [3.8, 4) is 44.5 Å². The fraction of sp³-hybridized carbons (Fsp3) is 0. The van der Waals surface area contributed by atoms with Gasteiger partial charge in [0.15, 0.2) is 0 Å². The second-order valence-corrected chi connectivity index (χ2v) is 14.9. The Hall–Kier alpha value is -7.68. The Morgan fingerprint density at radius 1 is 0.276 bits per heavy atom. The molecule has 0 saturated carbocycles. The van der Waals surface area contributed by atoms with Crippen LogP contribution >= 0.6 is 0 Å². The zero-order valence-electron chi connectivity index (χ0n) is 31.7. The van der Waals surface area contributed by atoms with Crippen LogP contribution < -0.4 is 4.90 Å². The first-order valence-corrected chi connectivity index (χ1v) is 19.8. The van der Waals surface area contributed by atoms with Gasteiger partial charge in [0.2, 0.25) is 0 Å². The van der Waals surface area contributed by atoms with Crippen molar-refractivity contribution < 1.29 is 4.42 Å². The average molecular weight is 740 g/mol. The van der Waals surface area contributed by atoms with Gasteiger partial charge in [-0.15, -0.1) is 0 Å². The summed E-state index contributed by atoms with van der Waals surface area (Å²) in [6.07, 6.45) is 0. The molecule has 0 saturated heterocycles. The summed E-state index contributed by atoms with van der Waals surface area (Å²) >= 11 is 0. The van der Waals surface area contributed by atoms with Gasteiger partial charge in [0, 0.05) is 27.8 Å². The third kappa shape index (κ3) is 5.91. The molecule has 0 aliphatic rings. The number of nitrogens with zero attached hydrogens (tertiary/aromatic N) is 1. The molecule has 2 nitrogen and oxygen atoms in total. The molecule has 11 rings (SSSR count). The summed E-state index contributed by atoms with van der Waals surface area (Å²) in [4.78, 5) is 2.36. The van der Waals surface area contributed by atoms with Gasteiger partial charge in [-0.1, -0.05) is 170 Å². The van der Waals surface area contributed by atoms with Crippen LogP contribution in [-0.2, 0) is 0 Å². The summed E-state index contributed by atoms with van der Waals surface area (Å²) < 4.78 is 6.24. The Balaban J connectivity index is 1.01. The van der Waals surface area contributed by atoms with Crippen molar-refractivity contribution in [2.45, 2.75) is 0 Å². The van der Waals surface area contributed by atoms with Crippen molar-refractivity contribution in [1.29, 1.82) is 0 Å². The maximum absolute atomic E-state index is 6.24. The first-order valence-electron chi connectivity index (χ1n) is 19.8. The fourth-order valence-electron chi connectivity index (χ4n) is 8.64. The summed E-state index contributed by atoms with van der Waals surface area (Å²) in [6.45, 7) is 0. The number of furan rings is 1. The van der Waals surface area contributed by atoms with E-state index in [4.69, 9.17) is 4.42 Å². The third-order valence-corrected chi connectivity index (χ3v) is 11.5. The number of fused-ring (bicyclic) bond motifs is 6. The second-order valence-electron chi connectivity index (χ2n) is 14.9. The summed E-state index contributed by atoms with van der Waals surface area (Å²) in [5, 5.41) is 7.23. The Kier molecular flexibility index (Phi) is 8.19. The minimum Gasteiger partial charge on any atom is -0.456 e. The van der Waals surface area contributed by atoms with Crippen molar-refractivity contribution in [2.75, 3.05) is 4.90 Å². The molecule has 1 aromatic heterocycles. The van der Waals surface area contributed by atoms with Crippen molar-refractivity contribution in [3.63, 3.8) is 0 Å². The van der Waals surface area contributed by atoms with E-state index in [1.807, 2.05) is 12.1 Å². The standard InChI is InChI=1S/C56H37NO/c1-3-12-39(13-4-1)50-34-33-47(57(45-16-5-2-6-17-45)46-31-28-41(29-32-46)49-20-11-15-40-14-7-8-18-48(40)49)37-52(50)42-24-22-38(23-25-42)44-27-26-43-30-35-55-56(53(43)36-44)51-19-9-10-21-54(51)58-55/h1-37H. The van der Waals surface area contributed by atoms with Crippen molar-refractivity contribution in [3.05, 3.63) is 224 Å². The summed E-state index contributed by atoms with van der Waals surface area (Å²) in [7, 11) is 0. The maximum atomic E-state index is 6.24. The number of rotatable bonds is 7. The predicted octanol–water partition coefficient (Wildman–Crippen LogP) is 16.0. The number of anilines is 3. The van der Waals surface area contributed by atoms with Gasteiger partial charge in [-0.05, 0) is 121 Å². The Labute approximate surface area is 337 Å². The molecule has 0 unspecified atom stereocenters. The van der Waals surface area contributed by atoms with E-state index in [-0.39, 0.29) is 0 Å². The lowest BCUT2D eigenvalue weighted by atomic mass is 9.92. The normalized spacial score (nSPS) is 11.4. The lowest BCUT2D eigenvalue weighted by molar-refractivity contribution is 0.669. The van der Waals surface area contributed by atoms with Gasteiger partial charge >= 0.3 is 0 Å². The molecule has 11 aromatic rings. The van der Waals surface area contributed by atoms with E-state index in [9.17, 15) is 0 Å². The number of benzene rings is 10. The minimum atomic E-state index is 0.917. The van der Waals surface area contributed by atoms with E-state index in [1.54, 1.807) is 0 Å². The van der Waals surface area contributed by atoms with E-state index >= 15 is 0 Å². The smallest absolute Gasteiger partial charge is 0.136 e. The van der Waals surface area contributed by atoms with Gasteiger partial charge in [-0.3, -0.25) is 0 Å². The van der Waals surface area contributed by atoms with Crippen LogP contribution in [0.25, 0.3) is 88.0 Å². The zero-order valence-corrected chi connectivity index (χ0v) is 31.7. The highest BCUT2D eigenvalue weighted by Crippen LogP contribution is 2.42. The van der Waals surface area contributed by atoms with Gasteiger partial charge in [0.25, 0.3) is 0 Å². The van der Waals surface area contributed by atoms with Gasteiger partial charge in [0.1, 0.15) is 11.2 Å². The molecule has 0 atom stereocenters. The second kappa shape index (κ2) is 14.1. The first kappa shape index (κ1) is 33.6. The minimum absolute atomic E-state index is 0.917. The van der Waals surface area contributed by atoms with Crippen LogP contribution in [0, 0.1) is 0 Å². The van der Waals surface area contributed by atoms with Crippen LogP contribution in [0.4, 0.5) is 17.1 Å². The van der Waals surface area contributed by atoms with Gasteiger partial charge in [-0.25, -0.2) is 0 Å². The van der Waals surface area contributed by atoms with Crippen LogP contribution in [0.2, 0.25) is 0 Å². The largest absolute Gasteiger partial charge is 0.456 e. The Morgan fingerprint density at radius 3 is 1.67 bits per heavy atom. The number of hydrogen-bond donors (Lipinski definition) is 0. The lowest BCUT2D eigenvalue weighted by Gasteiger charge is -2.27. The Morgan fingerprint density at radius 2 is 0.845 bits per heavy atom. The first-order chi connectivity index (χ1) is 28.7. The van der Waals surface area contributed by atoms with Crippen LogP contribution in [0.15, 0.2) is 229 Å². The van der Waals surface area contributed by atoms with Crippen molar-refractivity contribution in [1.82, 2.24) is 0 Å². The van der Waals surface area contributed by atoms with Gasteiger partial charge in [-0.2, -0.15) is 0 Å². The molecule has 0 amide bonds. The van der Waals surface area contributed by atoms with Gasteiger partial charge < -0.3 is 9.32 Å². The molecule has 0 fully saturated rings. The van der Waals surface area contributed by atoms with Crippen LogP contribution in [0.3, 0.4) is 0 Å². The van der Waals surface area contributed by atoms with E-state index in [0.717, 1.165) is 39.2 Å². The van der Waals surface area contributed by atoms with E-state index in [0.29, 0.717) is 0 Å². The van der Waals surface area contributed by atoms with Gasteiger partial charge in [0.05, 0.1) is 0 Å². The molecule has 10 aromatic carbocycles. The maximum Gasteiger partial charge on any atom is 0.136 e. The highest BCUT2D eigenvalue weighted by Gasteiger charge is 2.18. The van der Waals surface area contributed by atoms with Crippen LogP contribution in [-0.4, -0.2) is 0 Å². The van der Waals surface area contributed by atoms with Crippen molar-refractivity contribution in [2.24, 2.45) is 0 Å². The van der Waals surface area contributed by atoms with Crippen molar-refractivity contribution >= 4 is 60.5 Å². The monoisotopic (exact) mass is 739 g/mol. The summed E-state index contributed by atoms with van der Waals surface area (Å²) in [5.41, 5.74) is 14.6. The fourth-order valence-corrected chi connectivity index (χ4v) is 8.64. The molecular weight excluding hydrogens is 703 g/mol. The molecular formula is C56H37NO. The molecule has 0 radical (unpaired) electrons. The third-order valence-electron chi connectivity index (χ3n) is 11.5. The molecule has 0 aliphatic carbocycles. The summed E-state index contributed by atoms with van der Waals surface area (Å²) in [6, 6.07) is 80.7. The van der Waals surface area contributed by atoms with Crippen LogP contribution in [0.1, 0.15) is 0 Å². The quantitative estimate of drug-likeness (QED) is 0.162. The van der Waals surface area contributed by atoms with E-state index in [1.165, 1.54) is 65.9 Å². The molecule has 2 heteroatoms. The molecule has 1 heterocycles. The Bertz CT molecular complexity index is 3250. The zero-order chi connectivity index (χ0) is 38.4. The number of hydrogen-bond acceptors (Lipinski definition) is 2. The molecule has 0 bridgehead atoms. The van der Waals surface area contributed by atoms with E-state index < -0.39 is 0 Å². The number of para-hydroxylation sites is 2. The van der Waals surface area contributed by atoms with Crippen LogP contribution in [0.5, 0.6) is 0 Å². The molecule has 272 valence electrons. The predicted molar refractivity (Wildman–Crippen MR) is 245 cm³/mol. The lowest BCUT2D eigenvalue weighted by Crippen LogP contribution is -2.10. The SMILES string of the molecule is c1ccc(-c2ccc(N(c3ccccc3)c3ccc(-c4cccc5ccccc45)cc3)cc2-c2ccc(-c3ccc4ccc5oc6ccccc6c5c4c3)cc2)cc1. The summed E-state index contributed by atoms with van der Waals surface area (Å²) in [5.74, 6) is 0. The molecule has 0 N–H and O–H groups in total. The molecule has 0 spiro atoms. The molecule has 58 heavy (non-hydrogen) atoms. The highest BCUT2D eigenvalue weighted by molar-refractivity contribution is 6.19.